The Morgan fingerprint density at radius 2 is 2.17 bits per heavy atom. The normalized spacial score (nSPS) is 15.1. The van der Waals surface area contributed by atoms with Crippen LogP contribution in [0.1, 0.15) is 24.5 Å². The highest BCUT2D eigenvalue weighted by atomic mass is 79.9. The highest BCUT2D eigenvalue weighted by molar-refractivity contribution is 9.10. The van der Waals surface area contributed by atoms with E-state index in [0.717, 1.165) is 27.9 Å². The molecule has 0 aliphatic heterocycles. The van der Waals surface area contributed by atoms with E-state index < -0.39 is 0 Å². The van der Waals surface area contributed by atoms with Crippen LogP contribution in [0.25, 0.3) is 10.7 Å². The van der Waals surface area contributed by atoms with Crippen molar-refractivity contribution in [2.75, 3.05) is 0 Å². The van der Waals surface area contributed by atoms with Crippen LogP contribution in [0.3, 0.4) is 0 Å². The Balaban J connectivity index is 2.15. The molecule has 1 aliphatic rings. The Morgan fingerprint density at radius 1 is 1.44 bits per heavy atom. The fourth-order valence-electron chi connectivity index (χ4n) is 1.68. The number of aromatic amines is 1. The van der Waals surface area contributed by atoms with Gasteiger partial charge in [0.25, 0.3) is 5.56 Å². The molecule has 18 heavy (non-hydrogen) atoms. The molecule has 0 spiro atoms. The van der Waals surface area contributed by atoms with Gasteiger partial charge in [-0.2, -0.15) is 0 Å². The number of nitrogens with zero attached hydrogens (tertiary/aromatic N) is 1. The topological polar surface area (TPSA) is 45.8 Å². The first-order chi connectivity index (χ1) is 8.56. The van der Waals surface area contributed by atoms with Gasteiger partial charge in [-0.3, -0.25) is 4.79 Å². The van der Waals surface area contributed by atoms with Crippen molar-refractivity contribution in [1.82, 2.24) is 9.97 Å². The summed E-state index contributed by atoms with van der Waals surface area (Å²) < 4.78 is 2.03. The SMILES string of the molecule is O=c1[nH]c(-c2cc(Br)c(Cl)s2)nc(C2CC2)c1Br. The summed E-state index contributed by atoms with van der Waals surface area (Å²) in [6, 6.07) is 1.87. The zero-order valence-corrected chi connectivity index (χ0v) is 13.7. The maximum Gasteiger partial charge on any atom is 0.265 e. The Hall–Kier alpha value is -0.170. The van der Waals surface area contributed by atoms with Crippen molar-refractivity contribution in [2.45, 2.75) is 18.8 Å². The van der Waals surface area contributed by atoms with Crippen LogP contribution < -0.4 is 5.56 Å². The lowest BCUT2D eigenvalue weighted by molar-refractivity contribution is 0.962. The Labute approximate surface area is 129 Å². The number of halogens is 3. The van der Waals surface area contributed by atoms with Crippen molar-refractivity contribution in [3.8, 4) is 10.7 Å². The third-order valence-corrected chi connectivity index (χ3v) is 5.98. The molecule has 3 rings (SSSR count). The number of thiophene rings is 1. The monoisotopic (exact) mass is 408 g/mol. The average molecular weight is 411 g/mol. The summed E-state index contributed by atoms with van der Waals surface area (Å²) in [4.78, 5) is 20.1. The molecule has 0 saturated heterocycles. The minimum atomic E-state index is -0.137. The van der Waals surface area contributed by atoms with E-state index in [1.165, 1.54) is 11.3 Å². The first kappa shape index (κ1) is 12.8. The third-order valence-electron chi connectivity index (χ3n) is 2.73. The number of rotatable bonds is 2. The quantitative estimate of drug-likeness (QED) is 0.789. The molecule has 3 nitrogen and oxygen atoms in total. The van der Waals surface area contributed by atoms with E-state index in [1.807, 2.05) is 6.07 Å². The molecule has 94 valence electrons. The summed E-state index contributed by atoms with van der Waals surface area (Å²) in [7, 11) is 0. The smallest absolute Gasteiger partial charge is 0.265 e. The van der Waals surface area contributed by atoms with Gasteiger partial charge in [0.05, 0.1) is 10.6 Å². The molecule has 1 fully saturated rings. The van der Waals surface area contributed by atoms with Crippen molar-refractivity contribution in [1.29, 1.82) is 0 Å². The van der Waals surface area contributed by atoms with Gasteiger partial charge in [0, 0.05) is 10.4 Å². The first-order valence-corrected chi connectivity index (χ1v) is 8.09. The molecule has 0 aromatic carbocycles. The summed E-state index contributed by atoms with van der Waals surface area (Å²) in [5.41, 5.74) is 0.719. The maximum atomic E-state index is 11.9. The van der Waals surface area contributed by atoms with Gasteiger partial charge < -0.3 is 4.98 Å². The van der Waals surface area contributed by atoms with Crippen LogP contribution in [0.15, 0.2) is 19.8 Å². The molecule has 2 aromatic rings. The summed E-state index contributed by atoms with van der Waals surface area (Å²) in [5, 5.41) is 0. The zero-order valence-electron chi connectivity index (χ0n) is 8.97. The second kappa shape index (κ2) is 4.74. The van der Waals surface area contributed by atoms with Crippen molar-refractivity contribution in [2.24, 2.45) is 0 Å². The molecule has 1 N–H and O–H groups in total. The molecule has 0 amide bonds. The first-order valence-electron chi connectivity index (χ1n) is 5.31. The highest BCUT2D eigenvalue weighted by Gasteiger charge is 2.29. The lowest BCUT2D eigenvalue weighted by Crippen LogP contribution is -2.12. The zero-order chi connectivity index (χ0) is 12.9. The fourth-order valence-corrected chi connectivity index (χ4v) is 3.84. The van der Waals surface area contributed by atoms with E-state index in [1.54, 1.807) is 0 Å². The van der Waals surface area contributed by atoms with Gasteiger partial charge >= 0.3 is 0 Å². The van der Waals surface area contributed by atoms with Crippen molar-refractivity contribution in [3.63, 3.8) is 0 Å². The highest BCUT2D eigenvalue weighted by Crippen LogP contribution is 2.42. The summed E-state index contributed by atoms with van der Waals surface area (Å²) >= 11 is 14.1. The van der Waals surface area contributed by atoms with Gasteiger partial charge in [0.1, 0.15) is 8.81 Å². The van der Waals surface area contributed by atoms with Crippen LogP contribution in [-0.2, 0) is 0 Å². The molecule has 2 aromatic heterocycles. The molecular formula is C11H7Br2ClN2OS. The third kappa shape index (κ3) is 2.31. The van der Waals surface area contributed by atoms with Gasteiger partial charge in [-0.15, -0.1) is 11.3 Å². The average Bonchev–Trinajstić information content (AvgIpc) is 3.10. The minimum Gasteiger partial charge on any atom is -0.305 e. The number of aromatic nitrogens is 2. The number of nitrogens with one attached hydrogen (secondary N) is 1. The molecule has 7 heteroatoms. The van der Waals surface area contributed by atoms with E-state index in [9.17, 15) is 4.79 Å². The molecule has 0 radical (unpaired) electrons. The Morgan fingerprint density at radius 3 is 2.72 bits per heavy atom. The summed E-state index contributed by atoms with van der Waals surface area (Å²) in [5.74, 6) is 1.00. The van der Waals surface area contributed by atoms with Gasteiger partial charge in [-0.05, 0) is 50.8 Å². The molecule has 2 heterocycles. The predicted octanol–water partition coefficient (Wildman–Crippen LogP) is 4.55. The van der Waals surface area contributed by atoms with E-state index in [2.05, 4.69) is 41.8 Å². The van der Waals surface area contributed by atoms with Crippen LogP contribution in [0.4, 0.5) is 0 Å². The lowest BCUT2D eigenvalue weighted by Gasteiger charge is -2.03. The van der Waals surface area contributed by atoms with E-state index in [-0.39, 0.29) is 5.56 Å². The number of hydrogen-bond acceptors (Lipinski definition) is 3. The predicted molar refractivity (Wildman–Crippen MR) is 80.6 cm³/mol. The lowest BCUT2D eigenvalue weighted by atomic mass is 10.3. The van der Waals surface area contributed by atoms with Crippen LogP contribution in [-0.4, -0.2) is 9.97 Å². The number of hydrogen-bond donors (Lipinski definition) is 1. The summed E-state index contributed by atoms with van der Waals surface area (Å²) in [6.45, 7) is 0. The van der Waals surface area contributed by atoms with Crippen molar-refractivity contribution >= 4 is 54.8 Å². The van der Waals surface area contributed by atoms with Crippen LogP contribution in [0.2, 0.25) is 4.34 Å². The van der Waals surface area contributed by atoms with E-state index in [4.69, 9.17) is 11.6 Å². The largest absolute Gasteiger partial charge is 0.305 e. The van der Waals surface area contributed by atoms with Crippen molar-refractivity contribution < 1.29 is 0 Å². The maximum absolute atomic E-state index is 11.9. The van der Waals surface area contributed by atoms with Gasteiger partial charge in [0.15, 0.2) is 5.82 Å². The molecule has 0 unspecified atom stereocenters. The summed E-state index contributed by atoms with van der Waals surface area (Å²) in [6.07, 6.45) is 2.20. The minimum absolute atomic E-state index is 0.137. The van der Waals surface area contributed by atoms with Gasteiger partial charge in [-0.25, -0.2) is 4.98 Å². The Bertz CT molecular complexity index is 659. The molecule has 1 aliphatic carbocycles. The van der Waals surface area contributed by atoms with Crippen molar-refractivity contribution in [3.05, 3.63) is 35.4 Å². The van der Waals surface area contributed by atoms with Crippen LogP contribution in [0.5, 0.6) is 0 Å². The molecular weight excluding hydrogens is 403 g/mol. The number of H-pyrrole nitrogens is 1. The molecule has 0 bridgehead atoms. The molecule has 0 atom stereocenters. The fraction of sp³-hybridized carbons (Fsp3) is 0.273. The van der Waals surface area contributed by atoms with Gasteiger partial charge in [-0.1, -0.05) is 11.6 Å². The second-order valence-electron chi connectivity index (χ2n) is 4.12. The Kier molecular flexibility index (Phi) is 3.38. The van der Waals surface area contributed by atoms with Crippen LogP contribution in [0, 0.1) is 0 Å². The van der Waals surface area contributed by atoms with Crippen LogP contribution >= 0.6 is 54.8 Å². The van der Waals surface area contributed by atoms with E-state index in [0.29, 0.717) is 20.6 Å². The van der Waals surface area contributed by atoms with E-state index >= 15 is 0 Å². The second-order valence-corrected chi connectivity index (χ2v) is 7.42. The van der Waals surface area contributed by atoms with Gasteiger partial charge in [0.2, 0.25) is 0 Å². The standard InChI is InChI=1S/C11H7Br2ClN2OS/c12-5-3-6(18-9(5)14)10-15-8(4-1-2-4)7(13)11(17)16-10/h3-4H,1-2H2,(H,15,16,17). The molecule has 1 saturated carbocycles.